The topological polar surface area (TPSA) is 49.7 Å². The van der Waals surface area contributed by atoms with Gasteiger partial charge in [0, 0.05) is 12.8 Å². The van der Waals surface area contributed by atoms with Gasteiger partial charge in [-0.05, 0) is 53.3 Å². The van der Waals surface area contributed by atoms with E-state index in [0.717, 1.165) is 33.2 Å². The van der Waals surface area contributed by atoms with Crippen molar-refractivity contribution >= 4 is 28.0 Å². The van der Waals surface area contributed by atoms with Crippen molar-refractivity contribution in [1.29, 1.82) is 0 Å². The standard InChI is InChI=1S/C31H27NO2/c1-21-14-16-26(17-15-21)32-28-18-25(22-8-3-2-4-9-22)20-30(34)31(28)29(33)19-24-12-7-11-23-10-5-6-13-27(23)24/h2-17,25,33H,18-20H2,1H3/b31-29+,32-28?. The van der Waals surface area contributed by atoms with Crippen LogP contribution in [0.4, 0.5) is 5.69 Å². The molecule has 1 aliphatic carbocycles. The minimum absolute atomic E-state index is 0.0482. The van der Waals surface area contributed by atoms with Crippen LogP contribution in [-0.2, 0) is 11.2 Å². The molecule has 0 spiro atoms. The number of benzene rings is 4. The van der Waals surface area contributed by atoms with E-state index in [-0.39, 0.29) is 17.5 Å². The van der Waals surface area contributed by atoms with Gasteiger partial charge in [0.15, 0.2) is 5.78 Å². The van der Waals surface area contributed by atoms with Gasteiger partial charge in [-0.25, -0.2) is 0 Å². The lowest BCUT2D eigenvalue weighted by atomic mass is 9.78. The quantitative estimate of drug-likeness (QED) is 0.262. The van der Waals surface area contributed by atoms with Crippen molar-refractivity contribution in [2.45, 2.75) is 32.1 Å². The van der Waals surface area contributed by atoms with Gasteiger partial charge < -0.3 is 5.11 Å². The molecule has 0 heterocycles. The number of ketones is 1. The average molecular weight is 446 g/mol. The normalized spacial score (nSPS) is 18.9. The first-order valence-corrected chi connectivity index (χ1v) is 11.7. The summed E-state index contributed by atoms with van der Waals surface area (Å²) in [5.74, 6) is 0.0921. The van der Waals surface area contributed by atoms with Gasteiger partial charge in [-0.2, -0.15) is 0 Å². The molecule has 5 rings (SSSR count). The molecule has 0 amide bonds. The van der Waals surface area contributed by atoms with Crippen molar-refractivity contribution in [3.63, 3.8) is 0 Å². The molecule has 0 bridgehead atoms. The summed E-state index contributed by atoms with van der Waals surface area (Å²) in [5.41, 5.74) is 5.10. The van der Waals surface area contributed by atoms with Crippen LogP contribution in [0.5, 0.6) is 0 Å². The highest BCUT2D eigenvalue weighted by Crippen LogP contribution is 2.35. The second kappa shape index (κ2) is 9.48. The Labute approximate surface area is 200 Å². The molecule has 1 saturated carbocycles. The number of aliphatic hydroxyl groups is 1. The Morgan fingerprint density at radius 2 is 1.56 bits per heavy atom. The van der Waals surface area contributed by atoms with Crippen molar-refractivity contribution in [3.8, 4) is 0 Å². The van der Waals surface area contributed by atoms with E-state index in [4.69, 9.17) is 4.99 Å². The van der Waals surface area contributed by atoms with Crippen molar-refractivity contribution in [1.82, 2.24) is 0 Å². The molecular weight excluding hydrogens is 418 g/mol. The minimum atomic E-state index is -0.0521. The van der Waals surface area contributed by atoms with E-state index in [1.54, 1.807) is 0 Å². The number of Topliss-reactive ketones (excluding diaryl/α,β-unsaturated/α-hetero) is 1. The number of carbonyl (C=O) groups excluding carboxylic acids is 1. The van der Waals surface area contributed by atoms with E-state index < -0.39 is 0 Å². The first kappa shape index (κ1) is 21.8. The highest BCUT2D eigenvalue weighted by Gasteiger charge is 2.32. The highest BCUT2D eigenvalue weighted by atomic mass is 16.3. The maximum absolute atomic E-state index is 13.4. The zero-order valence-electron chi connectivity index (χ0n) is 19.2. The third kappa shape index (κ3) is 4.55. The Morgan fingerprint density at radius 1 is 0.853 bits per heavy atom. The first-order chi connectivity index (χ1) is 16.6. The third-order valence-corrected chi connectivity index (χ3v) is 6.53. The lowest BCUT2D eigenvalue weighted by Crippen LogP contribution is -2.27. The average Bonchev–Trinajstić information content (AvgIpc) is 2.86. The Hall–Kier alpha value is -3.98. The number of aliphatic imine (C=N–C) groups is 1. The maximum atomic E-state index is 13.4. The number of hydrogen-bond acceptors (Lipinski definition) is 3. The van der Waals surface area contributed by atoms with E-state index >= 15 is 0 Å². The van der Waals surface area contributed by atoms with Crippen LogP contribution in [0.2, 0.25) is 0 Å². The molecule has 1 atom stereocenters. The van der Waals surface area contributed by atoms with Gasteiger partial charge >= 0.3 is 0 Å². The molecule has 1 unspecified atom stereocenters. The van der Waals surface area contributed by atoms with Crippen LogP contribution in [-0.4, -0.2) is 16.6 Å². The molecule has 4 aromatic rings. The van der Waals surface area contributed by atoms with Crippen LogP contribution in [0.25, 0.3) is 10.8 Å². The van der Waals surface area contributed by atoms with E-state index in [9.17, 15) is 9.90 Å². The van der Waals surface area contributed by atoms with Crippen molar-refractivity contribution < 1.29 is 9.90 Å². The summed E-state index contributed by atoms with van der Waals surface area (Å²) >= 11 is 0. The fourth-order valence-electron chi connectivity index (χ4n) is 4.77. The van der Waals surface area contributed by atoms with Crippen LogP contribution < -0.4 is 0 Å². The molecule has 34 heavy (non-hydrogen) atoms. The number of nitrogens with zero attached hydrogens (tertiary/aromatic N) is 1. The maximum Gasteiger partial charge on any atom is 0.168 e. The Morgan fingerprint density at radius 3 is 2.35 bits per heavy atom. The molecule has 1 N–H and O–H groups in total. The summed E-state index contributed by atoms with van der Waals surface area (Å²) in [4.78, 5) is 18.3. The zero-order valence-corrected chi connectivity index (χ0v) is 19.2. The summed E-state index contributed by atoms with van der Waals surface area (Å²) in [5, 5.41) is 13.5. The van der Waals surface area contributed by atoms with E-state index in [1.807, 2.05) is 73.7 Å². The highest BCUT2D eigenvalue weighted by molar-refractivity contribution is 6.25. The number of allylic oxidation sites excluding steroid dienone is 2. The minimum Gasteiger partial charge on any atom is -0.511 e. The number of aryl methyl sites for hydroxylation is 1. The SMILES string of the molecule is Cc1ccc(N=C2CC(c3ccccc3)CC(=O)/C2=C(/O)Cc2cccc3ccccc23)cc1. The molecule has 3 nitrogen and oxygen atoms in total. The molecule has 3 heteroatoms. The van der Waals surface area contributed by atoms with Crippen LogP contribution in [0, 0.1) is 6.92 Å². The Bertz CT molecular complexity index is 1390. The van der Waals surface area contributed by atoms with Gasteiger partial charge in [-0.15, -0.1) is 0 Å². The molecular formula is C31H27NO2. The van der Waals surface area contributed by atoms with Crippen LogP contribution in [0.15, 0.2) is 113 Å². The van der Waals surface area contributed by atoms with Crippen LogP contribution in [0.1, 0.15) is 35.4 Å². The number of hydrogen-bond donors (Lipinski definition) is 1. The smallest absolute Gasteiger partial charge is 0.168 e. The fraction of sp³-hybridized carbons (Fsp3) is 0.161. The second-order valence-corrected chi connectivity index (χ2v) is 8.97. The Balaban J connectivity index is 1.57. The molecule has 1 fully saturated rings. The monoisotopic (exact) mass is 445 g/mol. The molecule has 168 valence electrons. The zero-order chi connectivity index (χ0) is 23.5. The fourth-order valence-corrected chi connectivity index (χ4v) is 4.77. The van der Waals surface area contributed by atoms with Crippen LogP contribution in [0.3, 0.4) is 0 Å². The van der Waals surface area contributed by atoms with Gasteiger partial charge in [0.2, 0.25) is 0 Å². The van der Waals surface area contributed by atoms with E-state index in [1.165, 1.54) is 0 Å². The van der Waals surface area contributed by atoms with Gasteiger partial charge in [-0.3, -0.25) is 9.79 Å². The number of fused-ring (bicyclic) bond motifs is 1. The third-order valence-electron chi connectivity index (χ3n) is 6.53. The molecule has 4 aromatic carbocycles. The summed E-state index contributed by atoms with van der Waals surface area (Å²) in [7, 11) is 0. The van der Waals surface area contributed by atoms with Crippen LogP contribution >= 0.6 is 0 Å². The van der Waals surface area contributed by atoms with Gasteiger partial charge in [0.1, 0.15) is 5.76 Å². The molecule has 0 aromatic heterocycles. The van der Waals surface area contributed by atoms with Gasteiger partial charge in [-0.1, -0.05) is 90.5 Å². The second-order valence-electron chi connectivity index (χ2n) is 8.97. The number of aliphatic hydroxyl groups excluding tert-OH is 1. The summed E-state index contributed by atoms with van der Waals surface area (Å²) < 4.78 is 0. The predicted molar refractivity (Wildman–Crippen MR) is 139 cm³/mol. The lowest BCUT2D eigenvalue weighted by molar-refractivity contribution is -0.115. The summed E-state index contributed by atoms with van der Waals surface area (Å²) in [6, 6.07) is 32.2. The predicted octanol–water partition coefficient (Wildman–Crippen LogP) is 7.42. The lowest BCUT2D eigenvalue weighted by Gasteiger charge is -2.26. The van der Waals surface area contributed by atoms with Crippen molar-refractivity contribution in [2.75, 3.05) is 0 Å². The summed E-state index contributed by atoms with van der Waals surface area (Å²) in [6.45, 7) is 2.04. The first-order valence-electron chi connectivity index (χ1n) is 11.7. The largest absolute Gasteiger partial charge is 0.511 e. The van der Waals surface area contributed by atoms with Gasteiger partial charge in [0.05, 0.1) is 17.0 Å². The van der Waals surface area contributed by atoms with E-state index in [0.29, 0.717) is 30.5 Å². The van der Waals surface area contributed by atoms with E-state index in [2.05, 4.69) is 30.3 Å². The Kier molecular flexibility index (Phi) is 6.09. The molecule has 1 aliphatic rings. The summed E-state index contributed by atoms with van der Waals surface area (Å²) in [6.07, 6.45) is 1.27. The molecule has 0 aliphatic heterocycles. The molecule has 0 radical (unpaired) electrons. The molecule has 0 saturated heterocycles. The van der Waals surface area contributed by atoms with Crippen molar-refractivity contribution in [3.05, 3.63) is 125 Å². The van der Waals surface area contributed by atoms with Crippen molar-refractivity contribution in [2.24, 2.45) is 4.99 Å². The van der Waals surface area contributed by atoms with Gasteiger partial charge in [0.25, 0.3) is 0 Å². The number of carbonyl (C=O) groups is 1. The number of rotatable bonds is 4.